The van der Waals surface area contributed by atoms with Gasteiger partial charge in [-0.2, -0.15) is 0 Å². The number of hydrogen-bond acceptors (Lipinski definition) is 5. The largest absolute Gasteiger partial charge is 0.350 e. The van der Waals surface area contributed by atoms with Crippen LogP contribution in [0.5, 0.6) is 0 Å². The molecular weight excluding hydrogens is 627 g/mol. The van der Waals surface area contributed by atoms with Crippen LogP contribution in [-0.4, -0.2) is 46.3 Å². The van der Waals surface area contributed by atoms with Crippen LogP contribution in [0.2, 0.25) is 5.02 Å². The number of benzene rings is 3. The van der Waals surface area contributed by atoms with Gasteiger partial charge in [0, 0.05) is 40.2 Å². The SMILES string of the molecule is CC(C)NC(=O)c1ccc(-c2ccc(C[C@H](NC(=O)[C@H]3CC[C@H](CN)CC3)C(=O)Nc3ccc4[nH]c(=O)[nH]c4c3)cc2)c(Cl)c1.Cl. The Balaban J connectivity index is 0.00000480. The van der Waals surface area contributed by atoms with Crippen LogP contribution in [0.1, 0.15) is 55.5 Å². The Morgan fingerprint density at radius 3 is 2.26 bits per heavy atom. The molecule has 1 saturated carbocycles. The van der Waals surface area contributed by atoms with Crippen molar-refractivity contribution < 1.29 is 14.4 Å². The van der Waals surface area contributed by atoms with Gasteiger partial charge < -0.3 is 31.7 Å². The van der Waals surface area contributed by atoms with Gasteiger partial charge >= 0.3 is 5.69 Å². The van der Waals surface area contributed by atoms with E-state index in [2.05, 4.69) is 25.9 Å². The number of H-pyrrole nitrogens is 2. The molecule has 12 heteroatoms. The van der Waals surface area contributed by atoms with E-state index < -0.39 is 6.04 Å². The smallest absolute Gasteiger partial charge is 0.323 e. The van der Waals surface area contributed by atoms with Crippen molar-refractivity contribution >= 4 is 58.5 Å². The summed E-state index contributed by atoms with van der Waals surface area (Å²) >= 11 is 6.57. The van der Waals surface area contributed by atoms with Gasteiger partial charge in [0.05, 0.1) is 11.0 Å². The lowest BCUT2D eigenvalue weighted by Gasteiger charge is -2.28. The molecule has 1 aliphatic carbocycles. The van der Waals surface area contributed by atoms with E-state index in [1.54, 1.807) is 30.3 Å². The predicted octanol–water partition coefficient (Wildman–Crippen LogP) is 5.17. The molecule has 3 aromatic carbocycles. The number of nitrogens with one attached hydrogen (secondary N) is 5. The molecule has 244 valence electrons. The first-order valence-electron chi connectivity index (χ1n) is 15.3. The summed E-state index contributed by atoms with van der Waals surface area (Å²) in [5.41, 5.74) is 10.2. The van der Waals surface area contributed by atoms with Gasteiger partial charge in [-0.1, -0.05) is 41.9 Å². The molecule has 0 radical (unpaired) electrons. The minimum Gasteiger partial charge on any atom is -0.350 e. The first kappa shape index (κ1) is 34.7. The Morgan fingerprint density at radius 2 is 1.61 bits per heavy atom. The van der Waals surface area contributed by atoms with Crippen molar-refractivity contribution in [3.05, 3.63) is 87.3 Å². The van der Waals surface area contributed by atoms with Gasteiger partial charge in [0.1, 0.15) is 6.04 Å². The molecule has 10 nitrogen and oxygen atoms in total. The fourth-order valence-electron chi connectivity index (χ4n) is 5.79. The number of nitrogens with two attached hydrogens (primary N) is 1. The van der Waals surface area contributed by atoms with Crippen LogP contribution in [0.15, 0.2) is 65.5 Å². The molecule has 4 aromatic rings. The maximum Gasteiger partial charge on any atom is 0.323 e. The lowest BCUT2D eigenvalue weighted by Crippen LogP contribution is -2.48. The predicted molar refractivity (Wildman–Crippen MR) is 184 cm³/mol. The molecule has 0 aliphatic heterocycles. The summed E-state index contributed by atoms with van der Waals surface area (Å²) in [6.07, 6.45) is 3.54. The highest BCUT2D eigenvalue weighted by Gasteiger charge is 2.29. The second-order valence-electron chi connectivity index (χ2n) is 12.1. The summed E-state index contributed by atoms with van der Waals surface area (Å²) in [6.45, 7) is 4.41. The summed E-state index contributed by atoms with van der Waals surface area (Å²) in [7, 11) is 0. The number of anilines is 1. The average molecular weight is 668 g/mol. The van der Waals surface area contributed by atoms with Crippen molar-refractivity contribution in [2.45, 2.75) is 58.0 Å². The van der Waals surface area contributed by atoms with Crippen molar-refractivity contribution in [1.29, 1.82) is 0 Å². The number of imidazole rings is 1. The fraction of sp³-hybridized carbons (Fsp3) is 0.353. The normalized spacial score (nSPS) is 16.8. The van der Waals surface area contributed by atoms with Crippen molar-refractivity contribution in [2.75, 3.05) is 11.9 Å². The molecule has 1 aliphatic rings. The highest BCUT2D eigenvalue weighted by molar-refractivity contribution is 6.33. The first-order valence-corrected chi connectivity index (χ1v) is 15.7. The van der Waals surface area contributed by atoms with Gasteiger partial charge in [-0.3, -0.25) is 14.4 Å². The molecule has 0 saturated heterocycles. The van der Waals surface area contributed by atoms with E-state index in [9.17, 15) is 19.2 Å². The van der Waals surface area contributed by atoms with Crippen LogP contribution in [0.3, 0.4) is 0 Å². The number of halogens is 2. The zero-order valence-electron chi connectivity index (χ0n) is 25.8. The van der Waals surface area contributed by atoms with E-state index in [1.165, 1.54) is 0 Å². The third-order valence-electron chi connectivity index (χ3n) is 8.32. The lowest BCUT2D eigenvalue weighted by atomic mass is 9.81. The van der Waals surface area contributed by atoms with E-state index in [4.69, 9.17) is 17.3 Å². The van der Waals surface area contributed by atoms with E-state index in [0.29, 0.717) is 39.8 Å². The molecule has 1 fully saturated rings. The molecule has 0 spiro atoms. The Hall–Kier alpha value is -4.12. The molecule has 0 bridgehead atoms. The molecule has 46 heavy (non-hydrogen) atoms. The molecule has 3 amide bonds. The average Bonchev–Trinajstić information content (AvgIpc) is 3.40. The summed E-state index contributed by atoms with van der Waals surface area (Å²) in [6, 6.07) is 17.1. The number of amides is 3. The van der Waals surface area contributed by atoms with Crippen molar-refractivity contribution in [1.82, 2.24) is 20.6 Å². The maximum atomic E-state index is 13.6. The van der Waals surface area contributed by atoms with E-state index in [1.807, 2.05) is 44.2 Å². The van der Waals surface area contributed by atoms with Crippen LogP contribution >= 0.6 is 24.0 Å². The third kappa shape index (κ3) is 8.57. The van der Waals surface area contributed by atoms with Crippen molar-refractivity contribution in [3.8, 4) is 11.1 Å². The highest BCUT2D eigenvalue weighted by Crippen LogP contribution is 2.30. The van der Waals surface area contributed by atoms with Gasteiger partial charge in [0.15, 0.2) is 0 Å². The second-order valence-corrected chi connectivity index (χ2v) is 12.5. The topological polar surface area (TPSA) is 162 Å². The summed E-state index contributed by atoms with van der Waals surface area (Å²) in [4.78, 5) is 56.4. The van der Waals surface area contributed by atoms with E-state index in [-0.39, 0.29) is 54.2 Å². The van der Waals surface area contributed by atoms with E-state index in [0.717, 1.165) is 42.4 Å². The molecule has 1 atom stereocenters. The third-order valence-corrected chi connectivity index (χ3v) is 8.64. The van der Waals surface area contributed by atoms with Crippen molar-refractivity contribution in [2.24, 2.45) is 17.6 Å². The molecule has 5 rings (SSSR count). The number of carbonyl (C=O) groups excluding carboxylic acids is 3. The Kier molecular flexibility index (Phi) is 11.7. The van der Waals surface area contributed by atoms with Crippen LogP contribution in [0, 0.1) is 11.8 Å². The number of rotatable bonds is 10. The van der Waals surface area contributed by atoms with Crippen LogP contribution in [0.25, 0.3) is 22.2 Å². The molecule has 1 heterocycles. The molecule has 1 aromatic heterocycles. The summed E-state index contributed by atoms with van der Waals surface area (Å²) < 4.78 is 0. The Bertz CT molecular complexity index is 1740. The monoisotopic (exact) mass is 666 g/mol. The van der Waals surface area contributed by atoms with Crippen molar-refractivity contribution in [3.63, 3.8) is 0 Å². The highest BCUT2D eigenvalue weighted by atomic mass is 35.5. The van der Waals surface area contributed by atoms with Gasteiger partial charge in [-0.05, 0) is 93.5 Å². The van der Waals surface area contributed by atoms with E-state index >= 15 is 0 Å². The Morgan fingerprint density at radius 1 is 0.913 bits per heavy atom. The van der Waals surface area contributed by atoms with Crippen LogP contribution in [-0.2, 0) is 16.0 Å². The number of aromatic amines is 2. The summed E-state index contributed by atoms with van der Waals surface area (Å²) in [5, 5.41) is 9.23. The Labute approximate surface area is 278 Å². The zero-order chi connectivity index (χ0) is 32.1. The van der Waals surface area contributed by atoms with Gasteiger partial charge in [-0.25, -0.2) is 4.79 Å². The molecule has 7 N–H and O–H groups in total. The summed E-state index contributed by atoms with van der Waals surface area (Å²) in [5.74, 6) is -0.420. The first-order chi connectivity index (χ1) is 21.6. The second kappa shape index (κ2) is 15.4. The number of fused-ring (bicyclic) bond motifs is 1. The number of hydrogen-bond donors (Lipinski definition) is 6. The molecule has 0 unspecified atom stereocenters. The number of aromatic nitrogens is 2. The fourth-order valence-corrected chi connectivity index (χ4v) is 6.08. The maximum absolute atomic E-state index is 13.6. The van der Waals surface area contributed by atoms with Gasteiger partial charge in [0.2, 0.25) is 11.8 Å². The zero-order valence-corrected chi connectivity index (χ0v) is 27.4. The van der Waals surface area contributed by atoms with Gasteiger partial charge in [0.25, 0.3) is 5.91 Å². The standard InChI is InChI=1S/C34H39ClN6O4.ClH/c1-19(2)37-32(43)24-11-13-26(27(35)16-24)22-7-3-20(4-8-22)15-30(39-31(42)23-9-5-21(18-36)6-10-23)33(44)38-25-12-14-28-29(17-25)41-34(45)40-28;/h3-4,7-8,11-14,16-17,19,21,23,30H,5-6,9-10,15,18,36H2,1-2H3,(H,37,43)(H,38,44)(H,39,42)(H2,40,41,45);1H/t21-,23-,30-;/m0./s1. The number of carbonyl (C=O) groups is 3. The lowest BCUT2D eigenvalue weighted by molar-refractivity contribution is -0.130. The molecular formula is C34H40Cl2N6O4. The minimum absolute atomic E-state index is 0. The minimum atomic E-state index is -0.834. The van der Waals surface area contributed by atoms with Crippen LogP contribution in [0.4, 0.5) is 5.69 Å². The van der Waals surface area contributed by atoms with Crippen LogP contribution < -0.4 is 27.4 Å². The quantitative estimate of drug-likeness (QED) is 0.137. The van der Waals surface area contributed by atoms with Gasteiger partial charge in [-0.15, -0.1) is 12.4 Å².